The Bertz CT molecular complexity index is 284. The predicted octanol–water partition coefficient (Wildman–Crippen LogP) is 3.52. The molecule has 0 aliphatic rings. The van der Waals surface area contributed by atoms with Crippen LogP contribution < -0.4 is 0 Å². The van der Waals surface area contributed by atoms with Gasteiger partial charge in [-0.3, -0.25) is 9.59 Å². The van der Waals surface area contributed by atoms with Crippen molar-refractivity contribution in [2.45, 2.75) is 51.4 Å². The van der Waals surface area contributed by atoms with E-state index in [4.69, 9.17) is 4.74 Å². The van der Waals surface area contributed by atoms with Gasteiger partial charge in [0.15, 0.2) is 0 Å². The highest BCUT2D eigenvalue weighted by Gasteiger charge is 2.02. The molecule has 0 fully saturated rings. The Morgan fingerprint density at radius 1 is 0.842 bits per heavy atom. The molecule has 0 bridgehead atoms. The SMILES string of the molecule is C=CCOC(=O)CCCCCCCCC(=O)OC=C. The first-order chi connectivity index (χ1) is 9.20. The van der Waals surface area contributed by atoms with E-state index in [1.54, 1.807) is 6.08 Å². The fourth-order valence-electron chi connectivity index (χ4n) is 1.62. The number of unbranched alkanes of at least 4 members (excludes halogenated alkanes) is 5. The monoisotopic (exact) mass is 268 g/mol. The first kappa shape index (κ1) is 17.4. The maximum Gasteiger partial charge on any atom is 0.310 e. The van der Waals surface area contributed by atoms with Gasteiger partial charge in [0, 0.05) is 12.8 Å². The molecule has 4 nitrogen and oxygen atoms in total. The summed E-state index contributed by atoms with van der Waals surface area (Å²) in [6, 6.07) is 0. The van der Waals surface area contributed by atoms with Gasteiger partial charge in [0.2, 0.25) is 0 Å². The zero-order valence-electron chi connectivity index (χ0n) is 11.6. The highest BCUT2D eigenvalue weighted by Crippen LogP contribution is 2.09. The number of esters is 2. The van der Waals surface area contributed by atoms with Crippen LogP contribution in [0, 0.1) is 0 Å². The van der Waals surface area contributed by atoms with E-state index in [1.165, 1.54) is 0 Å². The van der Waals surface area contributed by atoms with Crippen LogP contribution in [0.25, 0.3) is 0 Å². The molecule has 0 rings (SSSR count). The second kappa shape index (κ2) is 12.9. The summed E-state index contributed by atoms with van der Waals surface area (Å²) in [4.78, 5) is 22.1. The van der Waals surface area contributed by atoms with Gasteiger partial charge in [0.05, 0.1) is 6.26 Å². The van der Waals surface area contributed by atoms with Crippen molar-refractivity contribution >= 4 is 11.9 Å². The molecule has 0 aromatic rings. The van der Waals surface area contributed by atoms with E-state index in [0.717, 1.165) is 44.8 Å². The van der Waals surface area contributed by atoms with Crippen LogP contribution in [0.15, 0.2) is 25.5 Å². The minimum absolute atomic E-state index is 0.160. The van der Waals surface area contributed by atoms with Gasteiger partial charge in [-0.2, -0.15) is 0 Å². The average molecular weight is 268 g/mol. The Kier molecular flexibility index (Phi) is 11.8. The van der Waals surface area contributed by atoms with Crippen molar-refractivity contribution in [1.82, 2.24) is 0 Å². The summed E-state index contributed by atoms with van der Waals surface area (Å²) in [5.74, 6) is -0.382. The van der Waals surface area contributed by atoms with E-state index in [2.05, 4.69) is 17.9 Å². The van der Waals surface area contributed by atoms with Crippen molar-refractivity contribution < 1.29 is 19.1 Å². The number of hydrogen-bond acceptors (Lipinski definition) is 4. The van der Waals surface area contributed by atoms with Gasteiger partial charge in [-0.05, 0) is 12.8 Å². The molecule has 0 unspecified atom stereocenters. The summed E-state index contributed by atoms with van der Waals surface area (Å²) >= 11 is 0. The van der Waals surface area contributed by atoms with Gasteiger partial charge in [-0.1, -0.05) is 44.9 Å². The lowest BCUT2D eigenvalue weighted by Crippen LogP contribution is -2.03. The zero-order chi connectivity index (χ0) is 14.3. The Morgan fingerprint density at radius 3 is 1.89 bits per heavy atom. The van der Waals surface area contributed by atoms with Crippen LogP contribution in [0.5, 0.6) is 0 Å². The van der Waals surface area contributed by atoms with Crippen LogP contribution in [0.3, 0.4) is 0 Å². The van der Waals surface area contributed by atoms with E-state index in [1.807, 2.05) is 0 Å². The molecule has 0 saturated heterocycles. The summed E-state index contributed by atoms with van der Waals surface area (Å²) in [5.41, 5.74) is 0. The molecule has 0 saturated carbocycles. The molecule has 108 valence electrons. The number of carbonyl (C=O) groups excluding carboxylic acids is 2. The molecular formula is C15H24O4. The number of ether oxygens (including phenoxy) is 2. The van der Waals surface area contributed by atoms with E-state index in [-0.39, 0.29) is 11.9 Å². The maximum absolute atomic E-state index is 11.1. The highest BCUT2D eigenvalue weighted by molar-refractivity contribution is 5.69. The number of carbonyl (C=O) groups is 2. The van der Waals surface area contributed by atoms with E-state index in [9.17, 15) is 9.59 Å². The Morgan fingerprint density at radius 2 is 1.37 bits per heavy atom. The van der Waals surface area contributed by atoms with Gasteiger partial charge < -0.3 is 9.47 Å². The van der Waals surface area contributed by atoms with Crippen molar-refractivity contribution in [3.8, 4) is 0 Å². The van der Waals surface area contributed by atoms with Gasteiger partial charge in [-0.15, -0.1) is 0 Å². The van der Waals surface area contributed by atoms with Crippen LogP contribution in [-0.4, -0.2) is 18.5 Å². The predicted molar refractivity (Wildman–Crippen MR) is 74.4 cm³/mol. The fraction of sp³-hybridized carbons (Fsp3) is 0.600. The van der Waals surface area contributed by atoms with Crippen LogP contribution in [0.4, 0.5) is 0 Å². The van der Waals surface area contributed by atoms with E-state index in [0.29, 0.717) is 19.4 Å². The van der Waals surface area contributed by atoms with Gasteiger partial charge >= 0.3 is 11.9 Å². The zero-order valence-corrected chi connectivity index (χ0v) is 11.6. The lowest BCUT2D eigenvalue weighted by Gasteiger charge is -2.02. The molecule has 4 heteroatoms. The Hall–Kier alpha value is -1.58. The minimum atomic E-state index is -0.222. The van der Waals surface area contributed by atoms with Crippen LogP contribution in [-0.2, 0) is 19.1 Å². The third kappa shape index (κ3) is 12.7. The van der Waals surface area contributed by atoms with Gasteiger partial charge in [0.1, 0.15) is 6.61 Å². The molecule has 0 atom stereocenters. The summed E-state index contributed by atoms with van der Waals surface area (Å²) in [6.07, 6.45) is 9.51. The molecule has 0 aromatic carbocycles. The fourth-order valence-corrected chi connectivity index (χ4v) is 1.62. The molecule has 0 spiro atoms. The third-order valence-electron chi connectivity index (χ3n) is 2.59. The average Bonchev–Trinajstić information content (AvgIpc) is 2.39. The lowest BCUT2D eigenvalue weighted by molar-refractivity contribution is -0.142. The van der Waals surface area contributed by atoms with Crippen molar-refractivity contribution in [2.24, 2.45) is 0 Å². The van der Waals surface area contributed by atoms with E-state index < -0.39 is 0 Å². The molecule has 0 radical (unpaired) electrons. The van der Waals surface area contributed by atoms with Crippen molar-refractivity contribution in [2.75, 3.05) is 6.61 Å². The smallest absolute Gasteiger partial charge is 0.310 e. The molecule has 19 heavy (non-hydrogen) atoms. The molecule has 0 aliphatic heterocycles. The van der Waals surface area contributed by atoms with Crippen molar-refractivity contribution in [3.05, 3.63) is 25.5 Å². The molecule has 0 amide bonds. The Balaban J connectivity index is 3.22. The first-order valence-corrected chi connectivity index (χ1v) is 6.77. The first-order valence-electron chi connectivity index (χ1n) is 6.77. The van der Waals surface area contributed by atoms with E-state index >= 15 is 0 Å². The quantitative estimate of drug-likeness (QED) is 0.235. The summed E-state index contributed by atoms with van der Waals surface area (Å²) in [7, 11) is 0. The second-order valence-electron chi connectivity index (χ2n) is 4.25. The molecule has 0 heterocycles. The Labute approximate surface area is 115 Å². The number of hydrogen-bond donors (Lipinski definition) is 0. The summed E-state index contributed by atoms with van der Waals surface area (Å²) in [5, 5.41) is 0. The molecule has 0 N–H and O–H groups in total. The van der Waals surface area contributed by atoms with Gasteiger partial charge in [0.25, 0.3) is 0 Å². The summed E-state index contributed by atoms with van der Waals surface area (Å²) in [6.45, 7) is 7.10. The largest absolute Gasteiger partial charge is 0.461 e. The number of rotatable bonds is 12. The standard InChI is InChI=1S/C15H24O4/c1-3-13-19-15(17)12-10-8-6-5-7-9-11-14(16)18-4-2/h3-4H,1-2,5-13H2. The van der Waals surface area contributed by atoms with Crippen LogP contribution in [0.1, 0.15) is 51.4 Å². The van der Waals surface area contributed by atoms with Crippen LogP contribution >= 0.6 is 0 Å². The lowest BCUT2D eigenvalue weighted by atomic mass is 10.1. The minimum Gasteiger partial charge on any atom is -0.461 e. The normalized spacial score (nSPS) is 9.68. The molecular weight excluding hydrogens is 244 g/mol. The second-order valence-corrected chi connectivity index (χ2v) is 4.25. The molecule has 0 aromatic heterocycles. The highest BCUT2D eigenvalue weighted by atomic mass is 16.5. The van der Waals surface area contributed by atoms with Crippen molar-refractivity contribution in [1.29, 1.82) is 0 Å². The van der Waals surface area contributed by atoms with Gasteiger partial charge in [-0.25, -0.2) is 0 Å². The topological polar surface area (TPSA) is 52.6 Å². The maximum atomic E-state index is 11.1. The van der Waals surface area contributed by atoms with Crippen LogP contribution in [0.2, 0.25) is 0 Å². The third-order valence-corrected chi connectivity index (χ3v) is 2.59. The summed E-state index contributed by atoms with van der Waals surface area (Å²) < 4.78 is 9.48. The molecule has 0 aliphatic carbocycles. The van der Waals surface area contributed by atoms with Crippen molar-refractivity contribution in [3.63, 3.8) is 0 Å².